The molecule has 1 heterocycles. The summed E-state index contributed by atoms with van der Waals surface area (Å²) in [6, 6.07) is 5.34. The van der Waals surface area contributed by atoms with Crippen molar-refractivity contribution in [1.82, 2.24) is 4.90 Å². The van der Waals surface area contributed by atoms with E-state index in [1.54, 1.807) is 0 Å². The second-order valence-electron chi connectivity index (χ2n) is 5.43. The van der Waals surface area contributed by atoms with Gasteiger partial charge in [-0.1, -0.05) is 6.07 Å². The quantitative estimate of drug-likeness (QED) is 0.882. The lowest BCUT2D eigenvalue weighted by Crippen LogP contribution is -2.24. The molecule has 1 fully saturated rings. The Hall–Kier alpha value is -0.940. The third-order valence-electron chi connectivity index (χ3n) is 4.06. The molecule has 2 unspecified atom stereocenters. The van der Waals surface area contributed by atoms with E-state index in [0.717, 1.165) is 31.5 Å². The van der Waals surface area contributed by atoms with Crippen LogP contribution < -0.4 is 0 Å². The maximum Gasteiger partial charge on any atom is 0.303 e. The monoisotopic (exact) mass is 343 g/mol. The van der Waals surface area contributed by atoms with E-state index in [0.29, 0.717) is 10.4 Å². The Morgan fingerprint density at radius 3 is 3.00 bits per heavy atom. The lowest BCUT2D eigenvalue weighted by atomic mass is 10.0. The first-order valence-corrected chi connectivity index (χ1v) is 7.67. The van der Waals surface area contributed by atoms with Crippen molar-refractivity contribution in [1.29, 1.82) is 0 Å². The molecular formula is C15H19BrFNO2. The number of rotatable bonds is 5. The molecule has 5 heteroatoms. The molecule has 0 radical (unpaired) electrons. The molecule has 0 spiro atoms. The second kappa shape index (κ2) is 6.68. The van der Waals surface area contributed by atoms with E-state index >= 15 is 0 Å². The zero-order chi connectivity index (χ0) is 14.7. The van der Waals surface area contributed by atoms with E-state index < -0.39 is 5.97 Å². The number of hydrogen-bond donors (Lipinski definition) is 1. The summed E-state index contributed by atoms with van der Waals surface area (Å²) < 4.78 is 13.8. The second-order valence-corrected chi connectivity index (χ2v) is 6.29. The molecule has 20 heavy (non-hydrogen) atoms. The Labute approximate surface area is 126 Å². The maximum absolute atomic E-state index is 13.3. The molecule has 0 bridgehead atoms. The fourth-order valence-corrected chi connectivity index (χ4v) is 3.16. The number of benzene rings is 1. The van der Waals surface area contributed by atoms with Crippen molar-refractivity contribution in [3.8, 4) is 0 Å². The summed E-state index contributed by atoms with van der Waals surface area (Å²) in [6.07, 6.45) is 2.03. The van der Waals surface area contributed by atoms with Gasteiger partial charge in [-0.05, 0) is 65.9 Å². The molecule has 1 aliphatic rings. The molecule has 1 aliphatic heterocycles. The van der Waals surface area contributed by atoms with Crippen LogP contribution in [0.25, 0.3) is 0 Å². The molecule has 3 nitrogen and oxygen atoms in total. The van der Waals surface area contributed by atoms with Gasteiger partial charge in [0.1, 0.15) is 5.82 Å². The number of nitrogens with zero attached hydrogens (tertiary/aromatic N) is 1. The fraction of sp³-hybridized carbons (Fsp3) is 0.533. The molecule has 1 aromatic rings. The molecule has 0 aliphatic carbocycles. The van der Waals surface area contributed by atoms with E-state index in [1.807, 2.05) is 12.1 Å². The van der Waals surface area contributed by atoms with Gasteiger partial charge in [-0.3, -0.25) is 9.69 Å². The third kappa shape index (κ3) is 3.79. The summed E-state index contributed by atoms with van der Waals surface area (Å²) in [4.78, 5) is 12.9. The average molecular weight is 344 g/mol. The first kappa shape index (κ1) is 15.4. The fourth-order valence-electron chi connectivity index (χ4n) is 2.76. The zero-order valence-electron chi connectivity index (χ0n) is 11.5. The Bertz CT molecular complexity index is 495. The van der Waals surface area contributed by atoms with Crippen LogP contribution in [0.5, 0.6) is 0 Å². The lowest BCUT2D eigenvalue weighted by Gasteiger charge is -2.25. The van der Waals surface area contributed by atoms with Crippen LogP contribution in [0, 0.1) is 11.7 Å². The molecule has 1 aromatic carbocycles. The van der Waals surface area contributed by atoms with Gasteiger partial charge in [0.15, 0.2) is 0 Å². The Kier molecular flexibility index (Phi) is 5.16. The van der Waals surface area contributed by atoms with E-state index in [-0.39, 0.29) is 18.3 Å². The normalized spacial score (nSPS) is 21.1. The van der Waals surface area contributed by atoms with Crippen LogP contribution >= 0.6 is 15.9 Å². The number of halogens is 2. The van der Waals surface area contributed by atoms with E-state index in [4.69, 9.17) is 5.11 Å². The summed E-state index contributed by atoms with van der Waals surface area (Å²) in [7, 11) is 0. The van der Waals surface area contributed by atoms with Gasteiger partial charge in [-0.15, -0.1) is 0 Å². The van der Waals surface area contributed by atoms with Crippen molar-refractivity contribution in [2.24, 2.45) is 5.92 Å². The largest absolute Gasteiger partial charge is 0.481 e. The average Bonchev–Trinajstić information content (AvgIpc) is 2.87. The molecule has 2 rings (SSSR count). The number of likely N-dealkylation sites (tertiary alicyclic amines) is 1. The predicted octanol–water partition coefficient (Wildman–Crippen LogP) is 3.84. The van der Waals surface area contributed by atoms with Crippen LogP contribution in [0.15, 0.2) is 22.7 Å². The van der Waals surface area contributed by atoms with Crippen LogP contribution in [0.1, 0.15) is 37.8 Å². The van der Waals surface area contributed by atoms with Crippen molar-refractivity contribution in [2.45, 2.75) is 32.2 Å². The van der Waals surface area contributed by atoms with Gasteiger partial charge in [-0.25, -0.2) is 4.39 Å². The summed E-state index contributed by atoms with van der Waals surface area (Å²) in [5, 5.41) is 8.73. The minimum Gasteiger partial charge on any atom is -0.481 e. The molecule has 110 valence electrons. The number of hydrogen-bond acceptors (Lipinski definition) is 2. The van der Waals surface area contributed by atoms with Crippen LogP contribution in [-0.4, -0.2) is 29.1 Å². The van der Waals surface area contributed by atoms with Crippen LogP contribution in [0.3, 0.4) is 0 Å². The zero-order valence-corrected chi connectivity index (χ0v) is 13.1. The topological polar surface area (TPSA) is 40.5 Å². The van der Waals surface area contributed by atoms with E-state index in [2.05, 4.69) is 27.8 Å². The Morgan fingerprint density at radius 1 is 1.60 bits per heavy atom. The highest BCUT2D eigenvalue weighted by Gasteiger charge is 2.27. The minimum absolute atomic E-state index is 0.224. The SMILES string of the molecule is CC(c1ccc(F)c(Br)c1)N1CCC(CCC(=O)O)C1. The minimum atomic E-state index is -0.723. The van der Waals surface area contributed by atoms with Crippen LogP contribution in [-0.2, 0) is 4.79 Å². The predicted molar refractivity (Wildman–Crippen MR) is 79.1 cm³/mol. The van der Waals surface area contributed by atoms with Gasteiger partial charge in [0.2, 0.25) is 0 Å². The molecular weight excluding hydrogens is 325 g/mol. The number of carboxylic acids is 1. The summed E-state index contributed by atoms with van der Waals surface area (Å²) in [5.41, 5.74) is 1.08. The maximum atomic E-state index is 13.3. The number of aliphatic carboxylic acids is 1. The highest BCUT2D eigenvalue weighted by Crippen LogP contribution is 2.31. The number of carbonyl (C=O) groups is 1. The summed E-state index contributed by atoms with van der Waals surface area (Å²) in [5.74, 6) is -0.516. The first-order valence-electron chi connectivity index (χ1n) is 6.88. The third-order valence-corrected chi connectivity index (χ3v) is 4.67. The first-order chi connectivity index (χ1) is 9.47. The van der Waals surface area contributed by atoms with Gasteiger partial charge in [0.25, 0.3) is 0 Å². The highest BCUT2D eigenvalue weighted by atomic mass is 79.9. The van der Waals surface area contributed by atoms with E-state index in [9.17, 15) is 9.18 Å². The van der Waals surface area contributed by atoms with Crippen molar-refractivity contribution in [3.05, 3.63) is 34.1 Å². The van der Waals surface area contributed by atoms with Crippen LogP contribution in [0.2, 0.25) is 0 Å². The highest BCUT2D eigenvalue weighted by molar-refractivity contribution is 9.10. The van der Waals surface area contributed by atoms with Gasteiger partial charge < -0.3 is 5.11 Å². The Balaban J connectivity index is 1.95. The molecule has 1 saturated heterocycles. The van der Waals surface area contributed by atoms with Gasteiger partial charge >= 0.3 is 5.97 Å². The standard InChI is InChI=1S/C15H19BrFNO2/c1-10(12-3-4-14(17)13(16)8-12)18-7-6-11(9-18)2-5-15(19)20/h3-4,8,10-11H,2,5-7,9H2,1H3,(H,19,20). The van der Waals surface area contributed by atoms with Crippen molar-refractivity contribution in [3.63, 3.8) is 0 Å². The summed E-state index contributed by atoms with van der Waals surface area (Å²) in [6.45, 7) is 4.00. The van der Waals surface area contributed by atoms with Crippen molar-refractivity contribution < 1.29 is 14.3 Å². The lowest BCUT2D eigenvalue weighted by molar-refractivity contribution is -0.137. The number of carboxylic acid groups (broad SMARTS) is 1. The van der Waals surface area contributed by atoms with Gasteiger partial charge in [0, 0.05) is 19.0 Å². The molecule has 2 atom stereocenters. The molecule has 0 saturated carbocycles. The van der Waals surface area contributed by atoms with Crippen LogP contribution in [0.4, 0.5) is 4.39 Å². The molecule has 0 amide bonds. The van der Waals surface area contributed by atoms with Crippen molar-refractivity contribution in [2.75, 3.05) is 13.1 Å². The Morgan fingerprint density at radius 2 is 2.35 bits per heavy atom. The molecule has 0 aromatic heterocycles. The van der Waals surface area contributed by atoms with E-state index in [1.165, 1.54) is 6.07 Å². The molecule has 1 N–H and O–H groups in total. The van der Waals surface area contributed by atoms with Gasteiger partial charge in [0.05, 0.1) is 4.47 Å². The summed E-state index contributed by atoms with van der Waals surface area (Å²) >= 11 is 3.22. The smallest absolute Gasteiger partial charge is 0.303 e. The van der Waals surface area contributed by atoms with Crippen molar-refractivity contribution >= 4 is 21.9 Å². The van der Waals surface area contributed by atoms with Gasteiger partial charge in [-0.2, -0.15) is 0 Å².